The molecule has 1 aliphatic heterocycles. The Bertz CT molecular complexity index is 524. The predicted octanol–water partition coefficient (Wildman–Crippen LogP) is 0.289. The first-order valence-electron chi connectivity index (χ1n) is 8.51. The molecule has 126 valence electrons. The highest BCUT2D eigenvalue weighted by atomic mass is 16.3. The largest absolute Gasteiger partial charge is 0.395 e. The Kier molecular flexibility index (Phi) is 5.30. The number of rotatable bonds is 4. The fraction of sp³-hybridized carbons (Fsp3) is 0.611. The van der Waals surface area contributed by atoms with Crippen LogP contribution in [0.2, 0.25) is 0 Å². The van der Waals surface area contributed by atoms with Gasteiger partial charge in [0.2, 0.25) is 5.91 Å². The molecule has 0 unspecified atom stereocenters. The standard InChI is InChI=1S/C18H26N2O3/c21-8-7-19-5-6-20(13-17(22)12-19)18(23)11-14-9-15-3-1-2-4-16(15)10-14/h1-4,14,17,21-22H,5-13H2/t17-/m1/s1. The monoisotopic (exact) mass is 318 g/mol. The molecule has 2 N–H and O–H groups in total. The highest BCUT2D eigenvalue weighted by molar-refractivity contribution is 5.76. The van der Waals surface area contributed by atoms with Crippen molar-refractivity contribution in [2.45, 2.75) is 25.4 Å². The molecule has 1 saturated heterocycles. The predicted molar refractivity (Wildman–Crippen MR) is 88.1 cm³/mol. The minimum Gasteiger partial charge on any atom is -0.395 e. The summed E-state index contributed by atoms with van der Waals surface area (Å²) in [5.41, 5.74) is 2.74. The number of amides is 1. The summed E-state index contributed by atoms with van der Waals surface area (Å²) < 4.78 is 0. The first-order valence-corrected chi connectivity index (χ1v) is 8.51. The Hall–Kier alpha value is -1.43. The molecule has 0 radical (unpaired) electrons. The molecule has 3 rings (SSSR count). The van der Waals surface area contributed by atoms with Crippen LogP contribution in [0, 0.1) is 5.92 Å². The molecule has 0 saturated carbocycles. The van der Waals surface area contributed by atoms with Gasteiger partial charge in [-0.05, 0) is 29.9 Å². The number of fused-ring (bicyclic) bond motifs is 1. The van der Waals surface area contributed by atoms with Crippen molar-refractivity contribution in [2.24, 2.45) is 5.92 Å². The zero-order valence-electron chi connectivity index (χ0n) is 13.5. The van der Waals surface area contributed by atoms with E-state index in [1.165, 1.54) is 11.1 Å². The topological polar surface area (TPSA) is 64.0 Å². The van der Waals surface area contributed by atoms with E-state index < -0.39 is 6.10 Å². The minimum atomic E-state index is -0.534. The average molecular weight is 318 g/mol. The van der Waals surface area contributed by atoms with Crippen molar-refractivity contribution in [1.82, 2.24) is 9.80 Å². The molecule has 1 aliphatic carbocycles. The van der Waals surface area contributed by atoms with Gasteiger partial charge in [0.15, 0.2) is 0 Å². The summed E-state index contributed by atoms with van der Waals surface area (Å²) in [5.74, 6) is 0.529. The molecule has 23 heavy (non-hydrogen) atoms. The molecular weight excluding hydrogens is 292 g/mol. The van der Waals surface area contributed by atoms with Crippen molar-refractivity contribution >= 4 is 5.91 Å². The molecule has 5 heteroatoms. The second kappa shape index (κ2) is 7.43. The first kappa shape index (κ1) is 16.4. The van der Waals surface area contributed by atoms with Crippen LogP contribution in [0.5, 0.6) is 0 Å². The van der Waals surface area contributed by atoms with Gasteiger partial charge in [-0.2, -0.15) is 0 Å². The number of aliphatic hydroxyl groups excluding tert-OH is 2. The number of carbonyl (C=O) groups is 1. The third kappa shape index (κ3) is 4.10. The van der Waals surface area contributed by atoms with Gasteiger partial charge in [0.1, 0.15) is 0 Å². The Morgan fingerprint density at radius 2 is 1.83 bits per heavy atom. The van der Waals surface area contributed by atoms with Gasteiger partial charge in [-0.3, -0.25) is 9.69 Å². The summed E-state index contributed by atoms with van der Waals surface area (Å²) in [6.45, 7) is 2.92. The van der Waals surface area contributed by atoms with Crippen LogP contribution in [0.3, 0.4) is 0 Å². The van der Waals surface area contributed by atoms with Gasteiger partial charge >= 0.3 is 0 Å². The quantitative estimate of drug-likeness (QED) is 0.837. The number of aliphatic hydroxyl groups is 2. The molecule has 1 aromatic carbocycles. The summed E-state index contributed by atoms with van der Waals surface area (Å²) >= 11 is 0. The van der Waals surface area contributed by atoms with E-state index in [0.29, 0.717) is 45.1 Å². The van der Waals surface area contributed by atoms with E-state index in [2.05, 4.69) is 24.3 Å². The van der Waals surface area contributed by atoms with E-state index in [0.717, 1.165) is 12.8 Å². The molecular formula is C18H26N2O3. The second-order valence-electron chi connectivity index (χ2n) is 6.76. The van der Waals surface area contributed by atoms with Crippen LogP contribution in [0.25, 0.3) is 0 Å². The van der Waals surface area contributed by atoms with E-state index in [-0.39, 0.29) is 12.5 Å². The molecule has 0 spiro atoms. The van der Waals surface area contributed by atoms with Crippen LogP contribution >= 0.6 is 0 Å². The smallest absolute Gasteiger partial charge is 0.223 e. The summed E-state index contributed by atoms with van der Waals surface area (Å²) in [4.78, 5) is 16.4. The number of nitrogens with zero attached hydrogens (tertiary/aromatic N) is 2. The highest BCUT2D eigenvalue weighted by Gasteiger charge is 2.28. The van der Waals surface area contributed by atoms with Crippen LogP contribution in [-0.4, -0.2) is 71.4 Å². The third-order valence-corrected chi connectivity index (χ3v) is 4.95. The van der Waals surface area contributed by atoms with Gasteiger partial charge in [0.05, 0.1) is 12.7 Å². The molecule has 0 aromatic heterocycles. The Morgan fingerprint density at radius 3 is 2.48 bits per heavy atom. The van der Waals surface area contributed by atoms with Gasteiger partial charge in [-0.15, -0.1) is 0 Å². The lowest BCUT2D eigenvalue weighted by Gasteiger charge is -2.23. The Morgan fingerprint density at radius 1 is 1.13 bits per heavy atom. The lowest BCUT2D eigenvalue weighted by atomic mass is 10.0. The van der Waals surface area contributed by atoms with Gasteiger partial charge in [-0.1, -0.05) is 24.3 Å². The van der Waals surface area contributed by atoms with Crippen molar-refractivity contribution in [3.63, 3.8) is 0 Å². The number of carbonyl (C=O) groups excluding carboxylic acids is 1. The fourth-order valence-corrected chi connectivity index (χ4v) is 3.80. The summed E-state index contributed by atoms with van der Waals surface area (Å²) in [6, 6.07) is 8.43. The maximum Gasteiger partial charge on any atom is 0.223 e. The fourth-order valence-electron chi connectivity index (χ4n) is 3.80. The zero-order chi connectivity index (χ0) is 16.2. The number of hydrogen-bond donors (Lipinski definition) is 2. The molecule has 0 bridgehead atoms. The maximum atomic E-state index is 12.6. The molecule has 2 aliphatic rings. The van der Waals surface area contributed by atoms with E-state index in [4.69, 9.17) is 5.11 Å². The van der Waals surface area contributed by atoms with Crippen LogP contribution < -0.4 is 0 Å². The van der Waals surface area contributed by atoms with E-state index in [1.54, 1.807) is 4.90 Å². The van der Waals surface area contributed by atoms with Crippen molar-refractivity contribution in [3.05, 3.63) is 35.4 Å². The maximum absolute atomic E-state index is 12.6. The summed E-state index contributed by atoms with van der Waals surface area (Å²) in [7, 11) is 0. The van der Waals surface area contributed by atoms with Crippen molar-refractivity contribution < 1.29 is 15.0 Å². The van der Waals surface area contributed by atoms with Gasteiger partial charge < -0.3 is 15.1 Å². The first-order chi connectivity index (χ1) is 11.2. The Balaban J connectivity index is 1.54. The molecule has 1 amide bonds. The minimum absolute atomic E-state index is 0.0843. The van der Waals surface area contributed by atoms with Crippen LogP contribution in [0.15, 0.2) is 24.3 Å². The molecule has 1 aromatic rings. The zero-order valence-corrected chi connectivity index (χ0v) is 13.5. The second-order valence-corrected chi connectivity index (χ2v) is 6.76. The van der Waals surface area contributed by atoms with Crippen molar-refractivity contribution in [3.8, 4) is 0 Å². The molecule has 5 nitrogen and oxygen atoms in total. The summed E-state index contributed by atoms with van der Waals surface area (Å²) in [6.07, 6.45) is 1.99. The Labute approximate surface area is 137 Å². The van der Waals surface area contributed by atoms with E-state index in [1.807, 2.05) is 4.90 Å². The van der Waals surface area contributed by atoms with Gasteiger partial charge in [0, 0.05) is 39.1 Å². The number of hydrogen-bond acceptors (Lipinski definition) is 4. The average Bonchev–Trinajstić information content (AvgIpc) is 2.83. The number of benzene rings is 1. The van der Waals surface area contributed by atoms with Gasteiger partial charge in [-0.25, -0.2) is 0 Å². The van der Waals surface area contributed by atoms with Gasteiger partial charge in [0.25, 0.3) is 0 Å². The van der Waals surface area contributed by atoms with Crippen LogP contribution in [0.4, 0.5) is 0 Å². The van der Waals surface area contributed by atoms with Crippen LogP contribution in [-0.2, 0) is 17.6 Å². The lowest BCUT2D eigenvalue weighted by molar-refractivity contribution is -0.133. The van der Waals surface area contributed by atoms with Crippen LogP contribution in [0.1, 0.15) is 17.5 Å². The molecule has 1 heterocycles. The molecule has 1 fully saturated rings. The lowest BCUT2D eigenvalue weighted by Crippen LogP contribution is -2.38. The van der Waals surface area contributed by atoms with E-state index >= 15 is 0 Å². The third-order valence-electron chi connectivity index (χ3n) is 4.95. The molecule has 1 atom stereocenters. The van der Waals surface area contributed by atoms with Crippen molar-refractivity contribution in [1.29, 1.82) is 0 Å². The van der Waals surface area contributed by atoms with Crippen molar-refractivity contribution in [2.75, 3.05) is 39.3 Å². The number of β-amino-alcohol motifs (C(OH)–C–C–N with tert-alkyl or cyclic N) is 2. The SMILES string of the molecule is O=C(CC1Cc2ccccc2C1)N1CCN(CCO)C[C@@H](O)C1. The normalized spacial score (nSPS) is 22.9. The van der Waals surface area contributed by atoms with E-state index in [9.17, 15) is 9.90 Å². The summed E-state index contributed by atoms with van der Waals surface area (Å²) in [5, 5.41) is 19.1. The highest BCUT2D eigenvalue weighted by Crippen LogP contribution is 2.29.